The number of aromatic nitrogens is 4. The van der Waals surface area contributed by atoms with Gasteiger partial charge in [-0.15, -0.1) is 0 Å². The minimum Gasteiger partial charge on any atom is -0.382 e. The van der Waals surface area contributed by atoms with Gasteiger partial charge in [0.05, 0.1) is 12.9 Å². The zero-order valence-electron chi connectivity index (χ0n) is 12.9. The Bertz CT molecular complexity index is 786. The molecule has 1 fully saturated rings. The van der Waals surface area contributed by atoms with Crippen molar-refractivity contribution in [3.63, 3.8) is 0 Å². The molecular formula is C12H17FN5O4PS. The molecule has 0 spiro atoms. The van der Waals surface area contributed by atoms with Crippen LogP contribution in [-0.2, 0) is 25.8 Å². The lowest BCUT2D eigenvalue weighted by Crippen LogP contribution is -2.33. The molecule has 3 heterocycles. The normalized spacial score (nSPS) is 29.8. The van der Waals surface area contributed by atoms with Crippen LogP contribution in [-0.4, -0.2) is 63.2 Å². The monoisotopic (exact) mass is 377 g/mol. The lowest BCUT2D eigenvalue weighted by atomic mass is 10.1. The van der Waals surface area contributed by atoms with Gasteiger partial charge in [0.25, 0.3) is 0 Å². The highest BCUT2D eigenvalue weighted by molar-refractivity contribution is 8.09. The molecule has 24 heavy (non-hydrogen) atoms. The molecular weight excluding hydrogens is 360 g/mol. The molecule has 2 aromatic heterocycles. The van der Waals surface area contributed by atoms with Crippen LogP contribution in [0.15, 0.2) is 12.7 Å². The van der Waals surface area contributed by atoms with E-state index in [9.17, 15) is 9.28 Å². The molecule has 5 atom stereocenters. The van der Waals surface area contributed by atoms with E-state index in [4.69, 9.17) is 31.5 Å². The van der Waals surface area contributed by atoms with E-state index in [1.54, 1.807) is 0 Å². The molecule has 0 radical (unpaired) electrons. The van der Waals surface area contributed by atoms with E-state index in [0.29, 0.717) is 11.2 Å². The van der Waals surface area contributed by atoms with E-state index in [1.165, 1.54) is 31.0 Å². The van der Waals surface area contributed by atoms with Crippen LogP contribution >= 0.6 is 6.49 Å². The highest BCUT2D eigenvalue weighted by Crippen LogP contribution is 2.45. The standard InChI is InChI=1S/C12H17FN5O4PS/c1-20-3-6-9(22-23(2,19)24)7(13)12(21-6)18-5-17-8-10(14)15-4-16-11(8)18/h4-7,9,12H,3H2,1-2H3,(H,19,24)(H2,14,15,16)/t6-,7+,9?,12-,23?/m1/s1. The lowest BCUT2D eigenvalue weighted by molar-refractivity contribution is -0.0516. The zero-order chi connectivity index (χ0) is 17.5. The van der Waals surface area contributed by atoms with Crippen LogP contribution in [0.1, 0.15) is 6.23 Å². The van der Waals surface area contributed by atoms with Crippen molar-refractivity contribution in [1.29, 1.82) is 0 Å². The maximum atomic E-state index is 15.0. The minimum absolute atomic E-state index is 0.0840. The van der Waals surface area contributed by atoms with E-state index in [1.807, 2.05) is 0 Å². The summed E-state index contributed by atoms with van der Waals surface area (Å²) < 4.78 is 32.5. The quantitative estimate of drug-likeness (QED) is 0.723. The molecule has 0 amide bonds. The molecule has 1 aliphatic rings. The van der Waals surface area contributed by atoms with Crippen molar-refractivity contribution < 1.29 is 23.3 Å². The molecule has 0 aromatic carbocycles. The lowest BCUT2D eigenvalue weighted by Gasteiger charge is -2.22. The summed E-state index contributed by atoms with van der Waals surface area (Å²) >= 11 is 4.87. The van der Waals surface area contributed by atoms with E-state index >= 15 is 0 Å². The fourth-order valence-electron chi connectivity index (χ4n) is 2.62. The molecule has 9 nitrogen and oxygen atoms in total. The van der Waals surface area contributed by atoms with Gasteiger partial charge in [-0.25, -0.2) is 19.3 Å². The maximum absolute atomic E-state index is 15.0. The number of imidazole rings is 1. The van der Waals surface area contributed by atoms with Crippen LogP contribution in [0.3, 0.4) is 0 Å². The van der Waals surface area contributed by atoms with Crippen molar-refractivity contribution in [1.82, 2.24) is 19.5 Å². The second-order valence-electron chi connectivity index (χ2n) is 5.42. The van der Waals surface area contributed by atoms with E-state index in [-0.39, 0.29) is 12.4 Å². The van der Waals surface area contributed by atoms with Gasteiger partial charge in [0.15, 0.2) is 30.4 Å². The first kappa shape index (κ1) is 17.6. The van der Waals surface area contributed by atoms with Crippen molar-refractivity contribution in [2.45, 2.75) is 24.6 Å². The summed E-state index contributed by atoms with van der Waals surface area (Å²) in [5.74, 6) is 0.188. The van der Waals surface area contributed by atoms with Gasteiger partial charge in [-0.1, -0.05) is 0 Å². The van der Waals surface area contributed by atoms with E-state index in [2.05, 4.69) is 15.0 Å². The first-order valence-corrected chi connectivity index (χ1v) is 10.1. The first-order valence-electron chi connectivity index (χ1n) is 7.02. The maximum Gasteiger partial charge on any atom is 0.183 e. The minimum atomic E-state index is -3.09. The average Bonchev–Trinajstić information content (AvgIpc) is 3.03. The molecule has 3 rings (SSSR count). The largest absolute Gasteiger partial charge is 0.382 e. The second-order valence-corrected chi connectivity index (χ2v) is 9.27. The van der Waals surface area contributed by atoms with Crippen LogP contribution < -0.4 is 5.73 Å². The SMILES string of the molecule is COC[C@H]1O[C@@H](n2cnc3c(N)ncnc32)[C@@H](F)C1OP(C)(O)=S. The molecule has 2 unspecified atom stereocenters. The number of anilines is 1. The van der Waals surface area contributed by atoms with Crippen LogP contribution in [0.2, 0.25) is 0 Å². The van der Waals surface area contributed by atoms with Gasteiger partial charge < -0.3 is 24.6 Å². The number of nitrogens with zero attached hydrogens (tertiary/aromatic N) is 4. The van der Waals surface area contributed by atoms with Crippen LogP contribution in [0.4, 0.5) is 10.2 Å². The second kappa shape index (κ2) is 6.58. The van der Waals surface area contributed by atoms with Crippen molar-refractivity contribution in [2.75, 3.05) is 26.1 Å². The third-order valence-corrected chi connectivity index (χ3v) is 4.47. The fraction of sp³-hybridized carbons (Fsp3) is 0.583. The Morgan fingerprint density at radius 3 is 2.92 bits per heavy atom. The summed E-state index contributed by atoms with van der Waals surface area (Å²) in [5, 5.41) is 0. The van der Waals surface area contributed by atoms with Crippen molar-refractivity contribution in [3.8, 4) is 0 Å². The number of alkyl halides is 1. The Morgan fingerprint density at radius 2 is 2.25 bits per heavy atom. The summed E-state index contributed by atoms with van der Waals surface area (Å²) in [6, 6.07) is 0. The fourth-order valence-corrected chi connectivity index (χ4v) is 3.63. The number of ether oxygens (including phenoxy) is 2. The molecule has 12 heteroatoms. The zero-order valence-corrected chi connectivity index (χ0v) is 14.7. The first-order chi connectivity index (χ1) is 11.3. The molecule has 0 aliphatic carbocycles. The molecule has 132 valence electrons. The van der Waals surface area contributed by atoms with Crippen molar-refractivity contribution >= 4 is 35.3 Å². The molecule has 3 N–H and O–H groups in total. The third-order valence-electron chi connectivity index (χ3n) is 3.58. The van der Waals surface area contributed by atoms with E-state index in [0.717, 1.165) is 0 Å². The number of rotatable bonds is 5. The number of hydrogen-bond acceptors (Lipinski definition) is 8. The predicted molar refractivity (Wildman–Crippen MR) is 87.7 cm³/mol. The highest BCUT2D eigenvalue weighted by atomic mass is 32.5. The number of halogens is 1. The number of fused-ring (bicyclic) bond motifs is 1. The Hall–Kier alpha value is -1.23. The van der Waals surface area contributed by atoms with Crippen molar-refractivity contribution in [2.24, 2.45) is 0 Å². The number of methoxy groups -OCH3 is 1. The molecule has 1 saturated heterocycles. The Morgan fingerprint density at radius 1 is 1.50 bits per heavy atom. The van der Waals surface area contributed by atoms with Gasteiger partial charge in [-0.3, -0.25) is 4.57 Å². The third kappa shape index (κ3) is 3.28. The summed E-state index contributed by atoms with van der Waals surface area (Å²) in [5.41, 5.74) is 6.43. The predicted octanol–water partition coefficient (Wildman–Crippen LogP) is 0.607. The Labute approximate surface area is 142 Å². The summed E-state index contributed by atoms with van der Waals surface area (Å²) in [6.07, 6.45) is -1.82. The highest BCUT2D eigenvalue weighted by Gasteiger charge is 2.48. The summed E-state index contributed by atoms with van der Waals surface area (Å²) in [6.45, 7) is -1.65. The average molecular weight is 377 g/mol. The number of hydrogen-bond donors (Lipinski definition) is 2. The number of nitrogen functional groups attached to an aromatic ring is 1. The van der Waals surface area contributed by atoms with Gasteiger partial charge in [0, 0.05) is 13.8 Å². The molecule has 1 aliphatic heterocycles. The van der Waals surface area contributed by atoms with Crippen LogP contribution in [0, 0.1) is 0 Å². The topological polar surface area (TPSA) is 118 Å². The van der Waals surface area contributed by atoms with Crippen molar-refractivity contribution in [3.05, 3.63) is 12.7 Å². The molecule has 0 saturated carbocycles. The van der Waals surface area contributed by atoms with Gasteiger partial charge in [0.1, 0.15) is 24.1 Å². The Balaban J connectivity index is 1.95. The van der Waals surface area contributed by atoms with Crippen LogP contribution in [0.5, 0.6) is 0 Å². The molecule has 2 aromatic rings. The van der Waals surface area contributed by atoms with Gasteiger partial charge in [0.2, 0.25) is 0 Å². The van der Waals surface area contributed by atoms with Gasteiger partial charge in [-0.05, 0) is 11.8 Å². The smallest absolute Gasteiger partial charge is 0.183 e. The summed E-state index contributed by atoms with van der Waals surface area (Å²) in [4.78, 5) is 21.8. The summed E-state index contributed by atoms with van der Waals surface area (Å²) in [7, 11) is 1.46. The van der Waals surface area contributed by atoms with Gasteiger partial charge in [-0.2, -0.15) is 0 Å². The Kier molecular flexibility index (Phi) is 4.82. The van der Waals surface area contributed by atoms with Gasteiger partial charge >= 0.3 is 0 Å². The molecule has 0 bridgehead atoms. The van der Waals surface area contributed by atoms with Crippen LogP contribution in [0.25, 0.3) is 11.2 Å². The number of nitrogens with two attached hydrogens (primary N) is 1. The van der Waals surface area contributed by atoms with E-state index < -0.39 is 31.1 Å².